The molecule has 0 aromatic heterocycles. The largest absolute Gasteiger partial charge is 0.308 e. The molecule has 0 saturated heterocycles. The molecular weight excluding hydrogens is 134 g/mol. The van der Waals surface area contributed by atoms with Gasteiger partial charge in [-0.1, -0.05) is 31.7 Å². The van der Waals surface area contributed by atoms with Crippen LogP contribution in [0.25, 0.3) is 0 Å². The molecule has 0 unspecified atom stereocenters. The Morgan fingerprint density at radius 3 is 2.36 bits per heavy atom. The van der Waals surface area contributed by atoms with Crippen molar-refractivity contribution >= 4 is 6.21 Å². The molecule has 0 atom stereocenters. The van der Waals surface area contributed by atoms with Crippen LogP contribution in [0.3, 0.4) is 0 Å². The summed E-state index contributed by atoms with van der Waals surface area (Å²) in [7, 11) is 0. The van der Waals surface area contributed by atoms with Crippen LogP contribution in [0.4, 0.5) is 0 Å². The van der Waals surface area contributed by atoms with Gasteiger partial charge in [-0.15, -0.1) is 0 Å². The zero-order valence-corrected chi connectivity index (χ0v) is 7.22. The minimum atomic E-state index is 0.932. The molecule has 0 spiro atoms. The fourth-order valence-corrected chi connectivity index (χ4v) is 0.872. The van der Waals surface area contributed by atoms with Crippen LogP contribution in [0.1, 0.15) is 20.3 Å². The lowest BCUT2D eigenvalue weighted by Crippen LogP contribution is -1.86. The number of nitrogens with one attached hydrogen (secondary N) is 1. The fourth-order valence-electron chi connectivity index (χ4n) is 0.872. The van der Waals surface area contributed by atoms with E-state index in [-0.39, 0.29) is 0 Å². The number of hydrogen-bond acceptors (Lipinski definition) is 1. The van der Waals surface area contributed by atoms with E-state index in [2.05, 4.69) is 19.6 Å². The van der Waals surface area contributed by atoms with Crippen LogP contribution in [0.2, 0.25) is 0 Å². The maximum Gasteiger partial charge on any atom is 0.0252 e. The van der Waals surface area contributed by atoms with Gasteiger partial charge in [-0.3, -0.25) is 0 Å². The van der Waals surface area contributed by atoms with E-state index in [4.69, 9.17) is 5.41 Å². The topological polar surface area (TPSA) is 23.9 Å². The normalized spacial score (nSPS) is 12.9. The molecule has 0 radical (unpaired) electrons. The molecule has 1 nitrogen and oxygen atoms in total. The average Bonchev–Trinajstić information content (AvgIpc) is 2.05. The molecule has 0 fully saturated rings. The number of allylic oxidation sites excluding steroid dienone is 5. The van der Waals surface area contributed by atoms with E-state index in [0.29, 0.717) is 0 Å². The van der Waals surface area contributed by atoms with Crippen LogP contribution < -0.4 is 0 Å². The Bertz CT molecular complexity index is 197. The summed E-state index contributed by atoms with van der Waals surface area (Å²) < 4.78 is 0. The first-order valence-electron chi connectivity index (χ1n) is 3.79. The third-order valence-electron chi connectivity index (χ3n) is 1.44. The molecule has 0 heterocycles. The lowest BCUT2D eigenvalue weighted by atomic mass is 10.1. The molecule has 60 valence electrons. The second-order valence-electron chi connectivity index (χ2n) is 2.16. The lowest BCUT2D eigenvalue weighted by Gasteiger charge is -1.99. The van der Waals surface area contributed by atoms with Gasteiger partial charge in [0.2, 0.25) is 0 Å². The first kappa shape index (κ1) is 9.89. The summed E-state index contributed by atoms with van der Waals surface area (Å²) in [5.41, 5.74) is 1.98. The molecule has 1 heteroatoms. The molecule has 0 saturated carbocycles. The van der Waals surface area contributed by atoms with E-state index in [0.717, 1.165) is 17.6 Å². The lowest BCUT2D eigenvalue weighted by molar-refractivity contribution is 1.21. The molecule has 0 aromatic carbocycles. The Hall–Kier alpha value is -1.11. The maximum atomic E-state index is 7.09. The van der Waals surface area contributed by atoms with Crippen LogP contribution in [0.15, 0.2) is 36.0 Å². The highest BCUT2D eigenvalue weighted by Crippen LogP contribution is 2.08. The van der Waals surface area contributed by atoms with Crippen molar-refractivity contribution in [3.05, 3.63) is 36.0 Å². The summed E-state index contributed by atoms with van der Waals surface area (Å²) in [6.45, 7) is 7.68. The molecule has 0 aliphatic rings. The van der Waals surface area contributed by atoms with E-state index in [1.165, 1.54) is 6.21 Å². The van der Waals surface area contributed by atoms with E-state index in [9.17, 15) is 0 Å². The summed E-state index contributed by atoms with van der Waals surface area (Å²) in [4.78, 5) is 0. The van der Waals surface area contributed by atoms with Crippen LogP contribution in [-0.4, -0.2) is 6.21 Å². The van der Waals surface area contributed by atoms with E-state index in [1.807, 2.05) is 13.0 Å². The second kappa shape index (κ2) is 5.66. The van der Waals surface area contributed by atoms with Gasteiger partial charge in [-0.05, 0) is 24.5 Å². The fraction of sp³-hybridized carbons (Fsp3) is 0.300. The van der Waals surface area contributed by atoms with Crippen molar-refractivity contribution in [2.75, 3.05) is 0 Å². The van der Waals surface area contributed by atoms with Crippen LogP contribution in [0.5, 0.6) is 0 Å². The Morgan fingerprint density at radius 2 is 2.09 bits per heavy atom. The number of hydrogen-bond donors (Lipinski definition) is 1. The third-order valence-corrected chi connectivity index (χ3v) is 1.44. The first-order valence-corrected chi connectivity index (χ1v) is 3.79. The molecule has 1 N–H and O–H groups in total. The Labute approximate surface area is 68.6 Å². The minimum Gasteiger partial charge on any atom is -0.308 e. The minimum absolute atomic E-state index is 0.932. The van der Waals surface area contributed by atoms with Gasteiger partial charge in [0.25, 0.3) is 0 Å². The third kappa shape index (κ3) is 2.99. The van der Waals surface area contributed by atoms with Crippen molar-refractivity contribution < 1.29 is 0 Å². The van der Waals surface area contributed by atoms with Crippen molar-refractivity contribution in [2.45, 2.75) is 20.3 Å². The molecule has 0 aliphatic carbocycles. The van der Waals surface area contributed by atoms with Gasteiger partial charge in [0, 0.05) is 6.21 Å². The smallest absolute Gasteiger partial charge is 0.0252 e. The first-order chi connectivity index (χ1) is 5.29. The maximum absolute atomic E-state index is 7.09. The zero-order valence-electron chi connectivity index (χ0n) is 7.22. The van der Waals surface area contributed by atoms with E-state index >= 15 is 0 Å². The Balaban J connectivity index is 4.61. The summed E-state index contributed by atoms with van der Waals surface area (Å²) in [5, 5.41) is 7.09. The average molecular weight is 149 g/mol. The van der Waals surface area contributed by atoms with Crippen molar-refractivity contribution in [1.82, 2.24) is 0 Å². The molecule has 11 heavy (non-hydrogen) atoms. The Morgan fingerprint density at radius 1 is 1.45 bits per heavy atom. The summed E-state index contributed by atoms with van der Waals surface area (Å²) >= 11 is 0. The van der Waals surface area contributed by atoms with Crippen LogP contribution >= 0.6 is 0 Å². The predicted molar refractivity (Wildman–Crippen MR) is 51.1 cm³/mol. The summed E-state index contributed by atoms with van der Waals surface area (Å²) in [6, 6.07) is 0. The molecule has 0 aromatic rings. The van der Waals surface area contributed by atoms with E-state index < -0.39 is 0 Å². The second-order valence-corrected chi connectivity index (χ2v) is 2.16. The molecule has 0 aliphatic heterocycles. The number of rotatable bonds is 4. The van der Waals surface area contributed by atoms with Gasteiger partial charge >= 0.3 is 0 Å². The highest BCUT2D eigenvalue weighted by Gasteiger charge is 1.93. The quantitative estimate of drug-likeness (QED) is 0.469. The van der Waals surface area contributed by atoms with E-state index in [1.54, 1.807) is 6.08 Å². The van der Waals surface area contributed by atoms with Gasteiger partial charge in [0.05, 0.1) is 0 Å². The molecular formula is C10H15N. The molecule has 0 amide bonds. The van der Waals surface area contributed by atoms with Gasteiger partial charge in [0.1, 0.15) is 0 Å². The standard InChI is InChI=1S/C10H15N/c1-4-7-9(5-2)10(6-3)8-11/h5-8,11H,2,4H2,1,3H3/b9-7-,10-6-,11-8?. The highest BCUT2D eigenvalue weighted by atomic mass is 14.3. The molecule has 0 bridgehead atoms. The van der Waals surface area contributed by atoms with Crippen LogP contribution in [0, 0.1) is 5.41 Å². The SMILES string of the molecule is C=CC(=C/CC)/C(C=N)=C\C. The van der Waals surface area contributed by atoms with Crippen molar-refractivity contribution in [1.29, 1.82) is 5.41 Å². The van der Waals surface area contributed by atoms with Crippen LogP contribution in [-0.2, 0) is 0 Å². The van der Waals surface area contributed by atoms with Crippen molar-refractivity contribution in [2.24, 2.45) is 0 Å². The van der Waals surface area contributed by atoms with Gasteiger partial charge in [-0.2, -0.15) is 0 Å². The van der Waals surface area contributed by atoms with Gasteiger partial charge in [0.15, 0.2) is 0 Å². The zero-order chi connectivity index (χ0) is 8.69. The molecule has 0 rings (SSSR count). The van der Waals surface area contributed by atoms with Gasteiger partial charge < -0.3 is 5.41 Å². The monoisotopic (exact) mass is 149 g/mol. The summed E-state index contributed by atoms with van der Waals surface area (Å²) in [6.07, 6.45) is 8.09. The van der Waals surface area contributed by atoms with Crippen molar-refractivity contribution in [3.8, 4) is 0 Å². The van der Waals surface area contributed by atoms with Gasteiger partial charge in [-0.25, -0.2) is 0 Å². The predicted octanol–water partition coefficient (Wildman–Crippen LogP) is 3.10. The van der Waals surface area contributed by atoms with Crippen molar-refractivity contribution in [3.63, 3.8) is 0 Å². The highest BCUT2D eigenvalue weighted by molar-refractivity contribution is 5.83. The Kier molecular flexibility index (Phi) is 5.09. The summed E-state index contributed by atoms with van der Waals surface area (Å²) in [5.74, 6) is 0.